The molecule has 1 amide bonds. The molecular weight excluding hydrogens is 340 g/mol. The fourth-order valence-corrected chi connectivity index (χ4v) is 4.12. The average molecular weight is 364 g/mol. The molecule has 2 aliphatic rings. The molecule has 3 rings (SSSR count). The molecule has 2 fully saturated rings. The van der Waals surface area contributed by atoms with Crippen LogP contribution in [-0.2, 0) is 14.8 Å². The van der Waals surface area contributed by atoms with Crippen LogP contribution < -0.4 is 10.0 Å². The Labute approximate surface area is 148 Å². The molecule has 0 spiro atoms. The van der Waals surface area contributed by atoms with Gasteiger partial charge in [-0.1, -0.05) is 12.1 Å². The van der Waals surface area contributed by atoms with Crippen LogP contribution in [0, 0.1) is 5.92 Å². The fourth-order valence-electron chi connectivity index (χ4n) is 3.08. The third-order valence-electron chi connectivity index (χ3n) is 4.62. The zero-order valence-corrected chi connectivity index (χ0v) is 14.9. The minimum atomic E-state index is -3.64. The molecule has 136 valence electrons. The van der Waals surface area contributed by atoms with Crippen molar-refractivity contribution >= 4 is 15.9 Å². The van der Waals surface area contributed by atoms with Crippen molar-refractivity contribution in [3.05, 3.63) is 42.5 Å². The van der Waals surface area contributed by atoms with Crippen molar-refractivity contribution in [2.24, 2.45) is 5.92 Å². The number of rotatable bonds is 7. The van der Waals surface area contributed by atoms with E-state index < -0.39 is 10.0 Å². The van der Waals surface area contributed by atoms with Crippen molar-refractivity contribution in [1.29, 1.82) is 0 Å². The average Bonchev–Trinajstić information content (AvgIpc) is 3.45. The highest BCUT2D eigenvalue weighted by molar-refractivity contribution is 7.89. The third-order valence-corrected chi connectivity index (χ3v) is 6.04. The summed E-state index contributed by atoms with van der Waals surface area (Å²) in [6.07, 6.45) is 5.75. The molecule has 2 N–H and O–H groups in total. The van der Waals surface area contributed by atoms with Crippen LogP contribution >= 0.6 is 0 Å². The number of hydrogen-bond donors (Lipinski definition) is 2. The standard InChI is InChI=1S/C18H24N2O4S/c1-2-9-19-25(22,23)16-5-3-4-14(11-16)18(21)20-15-8-10-24-17(12-15)13-6-7-13/h2-5,11,13,15,17,19H,1,6-10,12H2,(H,20,21). The van der Waals surface area contributed by atoms with E-state index in [9.17, 15) is 13.2 Å². The Kier molecular flexibility index (Phi) is 5.56. The SMILES string of the molecule is C=CCNS(=O)(=O)c1cccc(C(=O)NC2CCOC(C3CC3)C2)c1. The van der Waals surface area contributed by atoms with E-state index in [0.29, 0.717) is 18.1 Å². The summed E-state index contributed by atoms with van der Waals surface area (Å²) in [6.45, 7) is 4.29. The highest BCUT2D eigenvalue weighted by atomic mass is 32.2. The Bertz CT molecular complexity index is 743. The molecule has 0 radical (unpaired) electrons. The fraction of sp³-hybridized carbons (Fsp3) is 0.500. The van der Waals surface area contributed by atoms with Gasteiger partial charge in [0.05, 0.1) is 11.0 Å². The first kappa shape index (κ1) is 18.1. The molecule has 2 atom stereocenters. The van der Waals surface area contributed by atoms with Gasteiger partial charge in [0.1, 0.15) is 0 Å². The topological polar surface area (TPSA) is 84.5 Å². The Morgan fingerprint density at radius 1 is 1.32 bits per heavy atom. The van der Waals surface area contributed by atoms with Crippen molar-refractivity contribution in [1.82, 2.24) is 10.0 Å². The molecule has 6 nitrogen and oxygen atoms in total. The summed E-state index contributed by atoms with van der Waals surface area (Å²) < 4.78 is 32.5. The van der Waals surface area contributed by atoms with E-state index in [4.69, 9.17) is 4.74 Å². The van der Waals surface area contributed by atoms with Crippen molar-refractivity contribution in [3.8, 4) is 0 Å². The largest absolute Gasteiger partial charge is 0.378 e. The first-order valence-corrected chi connectivity index (χ1v) is 10.1. The summed E-state index contributed by atoms with van der Waals surface area (Å²) >= 11 is 0. The monoisotopic (exact) mass is 364 g/mol. The molecule has 1 aromatic rings. The van der Waals surface area contributed by atoms with E-state index in [1.165, 1.54) is 31.1 Å². The maximum Gasteiger partial charge on any atom is 0.251 e. The molecule has 0 aromatic heterocycles. The summed E-state index contributed by atoms with van der Waals surface area (Å²) in [6, 6.07) is 6.15. The molecule has 2 unspecified atom stereocenters. The van der Waals surface area contributed by atoms with E-state index in [1.54, 1.807) is 12.1 Å². The maximum atomic E-state index is 12.5. The van der Waals surface area contributed by atoms with E-state index in [-0.39, 0.29) is 29.5 Å². The molecule has 1 saturated heterocycles. The lowest BCUT2D eigenvalue weighted by atomic mass is 9.99. The maximum absolute atomic E-state index is 12.5. The number of nitrogens with one attached hydrogen (secondary N) is 2. The number of benzene rings is 1. The molecule has 0 bridgehead atoms. The summed E-state index contributed by atoms with van der Waals surface area (Å²) in [7, 11) is -3.64. The number of amides is 1. The van der Waals surface area contributed by atoms with Gasteiger partial charge >= 0.3 is 0 Å². The lowest BCUT2D eigenvalue weighted by Crippen LogP contribution is -2.42. The molecule has 1 heterocycles. The third kappa shape index (κ3) is 4.68. The molecule has 1 aliphatic heterocycles. The van der Waals surface area contributed by atoms with Crippen LogP contribution in [0.1, 0.15) is 36.0 Å². The van der Waals surface area contributed by atoms with Crippen LogP contribution in [0.2, 0.25) is 0 Å². The van der Waals surface area contributed by atoms with Crippen molar-refractivity contribution < 1.29 is 17.9 Å². The second kappa shape index (κ2) is 7.68. The van der Waals surface area contributed by atoms with Crippen molar-refractivity contribution in [2.75, 3.05) is 13.2 Å². The summed E-state index contributed by atoms with van der Waals surface area (Å²) in [5.41, 5.74) is 0.343. The van der Waals surface area contributed by atoms with Gasteiger partial charge in [0, 0.05) is 24.8 Å². The highest BCUT2D eigenvalue weighted by Crippen LogP contribution is 2.38. The smallest absolute Gasteiger partial charge is 0.251 e. The molecule has 1 saturated carbocycles. The molecule has 1 aliphatic carbocycles. The van der Waals surface area contributed by atoms with Gasteiger partial charge in [-0.25, -0.2) is 13.1 Å². The van der Waals surface area contributed by atoms with Gasteiger partial charge in [-0.05, 0) is 49.8 Å². The first-order valence-electron chi connectivity index (χ1n) is 8.62. The second-order valence-corrected chi connectivity index (χ2v) is 8.38. The Morgan fingerprint density at radius 3 is 2.84 bits per heavy atom. The van der Waals surface area contributed by atoms with Crippen LogP contribution in [0.3, 0.4) is 0 Å². The van der Waals surface area contributed by atoms with E-state index >= 15 is 0 Å². The van der Waals surface area contributed by atoms with Crippen molar-refractivity contribution in [3.63, 3.8) is 0 Å². The summed E-state index contributed by atoms with van der Waals surface area (Å²) in [5.74, 6) is 0.395. The summed E-state index contributed by atoms with van der Waals surface area (Å²) in [5, 5.41) is 3.02. The van der Waals surface area contributed by atoms with Gasteiger partial charge in [-0.3, -0.25) is 4.79 Å². The molecular formula is C18H24N2O4S. The van der Waals surface area contributed by atoms with Crippen LogP contribution in [0.15, 0.2) is 41.8 Å². The van der Waals surface area contributed by atoms with Crippen LogP contribution in [0.25, 0.3) is 0 Å². The zero-order chi connectivity index (χ0) is 17.9. The Hall–Kier alpha value is -1.70. The number of carbonyl (C=O) groups excluding carboxylic acids is 1. The lowest BCUT2D eigenvalue weighted by molar-refractivity contribution is -0.0102. The highest BCUT2D eigenvalue weighted by Gasteiger charge is 2.36. The van der Waals surface area contributed by atoms with Gasteiger partial charge in [0.15, 0.2) is 0 Å². The predicted octanol–water partition coefficient (Wildman–Crippen LogP) is 1.84. The van der Waals surface area contributed by atoms with Crippen LogP contribution in [0.4, 0.5) is 0 Å². The Morgan fingerprint density at radius 2 is 2.12 bits per heavy atom. The minimum absolute atomic E-state index is 0.0739. The molecule has 1 aromatic carbocycles. The van der Waals surface area contributed by atoms with Crippen LogP contribution in [-0.4, -0.2) is 39.6 Å². The lowest BCUT2D eigenvalue weighted by Gasteiger charge is -2.30. The normalized spacial score (nSPS) is 23.8. The summed E-state index contributed by atoms with van der Waals surface area (Å²) in [4.78, 5) is 12.6. The number of hydrogen-bond acceptors (Lipinski definition) is 4. The van der Waals surface area contributed by atoms with E-state index in [0.717, 1.165) is 12.8 Å². The van der Waals surface area contributed by atoms with Crippen LogP contribution in [0.5, 0.6) is 0 Å². The van der Waals surface area contributed by atoms with Gasteiger partial charge in [0.25, 0.3) is 5.91 Å². The van der Waals surface area contributed by atoms with Gasteiger partial charge in [-0.2, -0.15) is 0 Å². The first-order chi connectivity index (χ1) is 12.0. The number of carbonyl (C=O) groups is 1. The zero-order valence-electron chi connectivity index (χ0n) is 14.1. The van der Waals surface area contributed by atoms with Gasteiger partial charge < -0.3 is 10.1 Å². The molecule has 7 heteroatoms. The van der Waals surface area contributed by atoms with Crippen molar-refractivity contribution in [2.45, 2.75) is 42.7 Å². The predicted molar refractivity (Wildman–Crippen MR) is 94.8 cm³/mol. The van der Waals surface area contributed by atoms with E-state index in [1.807, 2.05) is 0 Å². The molecule has 25 heavy (non-hydrogen) atoms. The van der Waals surface area contributed by atoms with Gasteiger partial charge in [-0.15, -0.1) is 6.58 Å². The Balaban J connectivity index is 1.65. The van der Waals surface area contributed by atoms with Gasteiger partial charge in [0.2, 0.25) is 10.0 Å². The quantitative estimate of drug-likeness (QED) is 0.723. The number of sulfonamides is 1. The number of ether oxygens (including phenoxy) is 1. The second-order valence-electron chi connectivity index (χ2n) is 6.61. The minimum Gasteiger partial charge on any atom is -0.378 e. The van der Waals surface area contributed by atoms with E-state index in [2.05, 4.69) is 16.6 Å².